The Morgan fingerprint density at radius 3 is 2.79 bits per heavy atom. The van der Waals surface area contributed by atoms with Crippen LogP contribution in [0.15, 0.2) is 42.6 Å². The van der Waals surface area contributed by atoms with E-state index in [1.165, 1.54) is 5.56 Å². The number of anilines is 2. The Kier molecular flexibility index (Phi) is 5.49. The van der Waals surface area contributed by atoms with Gasteiger partial charge in [-0.3, -0.25) is 14.5 Å². The monoisotopic (exact) mass is 394 g/mol. The molecule has 1 fully saturated rings. The van der Waals surface area contributed by atoms with Crippen LogP contribution in [0.25, 0.3) is 0 Å². The fourth-order valence-electron chi connectivity index (χ4n) is 4.26. The molecule has 0 atom stereocenters. The molecule has 4 rings (SSSR count). The molecule has 152 valence electrons. The minimum absolute atomic E-state index is 0.0394. The van der Waals surface area contributed by atoms with Crippen molar-refractivity contribution in [3.63, 3.8) is 0 Å². The predicted molar refractivity (Wildman–Crippen MR) is 111 cm³/mol. The number of aliphatic carboxylic acids is 1. The first-order chi connectivity index (χ1) is 14.1. The Balaban J connectivity index is 1.44. The minimum Gasteiger partial charge on any atom is -0.480 e. The fourth-order valence-corrected chi connectivity index (χ4v) is 4.26. The summed E-state index contributed by atoms with van der Waals surface area (Å²) in [6.45, 7) is 3.44. The summed E-state index contributed by atoms with van der Waals surface area (Å²) in [6, 6.07) is 12.1. The number of hydrogen-bond acceptors (Lipinski definition) is 5. The maximum Gasteiger partial charge on any atom is 0.317 e. The van der Waals surface area contributed by atoms with Gasteiger partial charge in [0.1, 0.15) is 5.82 Å². The van der Waals surface area contributed by atoms with E-state index in [2.05, 4.69) is 16.4 Å². The number of likely N-dealkylation sites (N-methyl/N-ethyl adjacent to an activating group) is 1. The van der Waals surface area contributed by atoms with Crippen LogP contribution in [-0.2, 0) is 11.2 Å². The van der Waals surface area contributed by atoms with Gasteiger partial charge in [0.15, 0.2) is 0 Å². The Hall–Kier alpha value is -2.93. The normalized spacial score (nSPS) is 20.3. The molecule has 7 nitrogen and oxygen atoms in total. The zero-order valence-corrected chi connectivity index (χ0v) is 16.5. The lowest BCUT2D eigenvalue weighted by Crippen LogP contribution is -2.51. The van der Waals surface area contributed by atoms with E-state index in [0.717, 1.165) is 24.9 Å². The number of carbonyl (C=O) groups excluding carboxylic acids is 1. The van der Waals surface area contributed by atoms with Crippen LogP contribution in [0.1, 0.15) is 35.7 Å². The van der Waals surface area contributed by atoms with Crippen molar-refractivity contribution in [1.29, 1.82) is 0 Å². The third kappa shape index (κ3) is 3.96. The highest BCUT2D eigenvalue weighted by Gasteiger charge is 2.35. The van der Waals surface area contributed by atoms with Gasteiger partial charge in [-0.05, 0) is 49.6 Å². The van der Waals surface area contributed by atoms with Gasteiger partial charge < -0.3 is 15.3 Å². The quantitative estimate of drug-likeness (QED) is 0.751. The van der Waals surface area contributed by atoms with E-state index in [-0.39, 0.29) is 24.5 Å². The van der Waals surface area contributed by atoms with E-state index >= 15 is 0 Å². The lowest BCUT2D eigenvalue weighted by atomic mass is 9.85. The van der Waals surface area contributed by atoms with Crippen molar-refractivity contribution >= 4 is 23.4 Å². The van der Waals surface area contributed by atoms with E-state index in [0.29, 0.717) is 24.5 Å². The molecule has 0 radical (unpaired) electrons. The Bertz CT molecular complexity index is 910. The zero-order valence-electron chi connectivity index (χ0n) is 16.5. The Morgan fingerprint density at radius 1 is 1.24 bits per heavy atom. The first-order valence-electron chi connectivity index (χ1n) is 10.1. The number of fused-ring (bicyclic) bond motifs is 1. The molecule has 29 heavy (non-hydrogen) atoms. The number of nitrogens with zero attached hydrogens (tertiary/aromatic N) is 3. The van der Waals surface area contributed by atoms with Gasteiger partial charge in [0.05, 0.1) is 12.1 Å². The van der Waals surface area contributed by atoms with Crippen LogP contribution in [0.4, 0.5) is 11.5 Å². The number of amides is 1. The van der Waals surface area contributed by atoms with Gasteiger partial charge in [-0.1, -0.05) is 25.1 Å². The Labute approximate surface area is 170 Å². The van der Waals surface area contributed by atoms with Crippen LogP contribution in [0.2, 0.25) is 0 Å². The molecule has 2 aliphatic rings. The highest BCUT2D eigenvalue weighted by Crippen LogP contribution is 2.32. The number of benzene rings is 1. The van der Waals surface area contributed by atoms with E-state index in [1.54, 1.807) is 12.3 Å². The lowest BCUT2D eigenvalue weighted by Gasteiger charge is -2.42. The molecule has 1 aromatic carbocycles. The molecule has 1 aromatic heterocycles. The average molecular weight is 394 g/mol. The molecule has 2 aromatic rings. The van der Waals surface area contributed by atoms with E-state index in [4.69, 9.17) is 5.11 Å². The summed E-state index contributed by atoms with van der Waals surface area (Å²) in [5.74, 6) is -0.235. The summed E-state index contributed by atoms with van der Waals surface area (Å²) in [5, 5.41) is 12.5. The van der Waals surface area contributed by atoms with Crippen molar-refractivity contribution in [2.24, 2.45) is 0 Å². The molecule has 0 unspecified atom stereocenters. The van der Waals surface area contributed by atoms with Crippen molar-refractivity contribution in [1.82, 2.24) is 9.88 Å². The number of aromatic nitrogens is 1. The lowest BCUT2D eigenvalue weighted by molar-refractivity contribution is -0.139. The standard InChI is InChI=1S/C22H26N4O3/c1-2-25(14-20(27)28)17-12-16(13-17)24-21-18(7-5-10-23-21)22(29)26-11-9-15-6-3-4-8-19(15)26/h3-8,10,16-17H,2,9,11-14H2,1H3,(H,23,24)(H,27,28). The number of hydrogen-bond donors (Lipinski definition) is 2. The molecule has 1 aliphatic heterocycles. The number of carbonyl (C=O) groups is 2. The third-order valence-corrected chi connectivity index (χ3v) is 5.89. The van der Waals surface area contributed by atoms with Crippen molar-refractivity contribution in [3.8, 4) is 0 Å². The molecule has 1 amide bonds. The van der Waals surface area contributed by atoms with Gasteiger partial charge in [-0.2, -0.15) is 0 Å². The van der Waals surface area contributed by atoms with Gasteiger partial charge in [0.2, 0.25) is 0 Å². The van der Waals surface area contributed by atoms with Gasteiger partial charge in [0.25, 0.3) is 5.91 Å². The molecule has 2 N–H and O–H groups in total. The molecule has 1 saturated carbocycles. The summed E-state index contributed by atoms with van der Waals surface area (Å²) in [7, 11) is 0. The largest absolute Gasteiger partial charge is 0.480 e. The van der Waals surface area contributed by atoms with E-state index in [1.807, 2.05) is 41.0 Å². The summed E-state index contributed by atoms with van der Waals surface area (Å²) in [4.78, 5) is 32.5. The minimum atomic E-state index is -0.799. The SMILES string of the molecule is CCN(CC(=O)O)C1CC(Nc2ncccc2C(=O)N2CCc3ccccc32)C1. The fraction of sp³-hybridized carbons (Fsp3) is 0.409. The summed E-state index contributed by atoms with van der Waals surface area (Å²) in [6.07, 6.45) is 4.25. The predicted octanol–water partition coefficient (Wildman–Crippen LogP) is 2.63. The molecule has 2 heterocycles. The smallest absolute Gasteiger partial charge is 0.317 e. The number of carboxylic acid groups (broad SMARTS) is 1. The maximum atomic E-state index is 13.2. The van der Waals surface area contributed by atoms with Gasteiger partial charge >= 0.3 is 5.97 Å². The van der Waals surface area contributed by atoms with Gasteiger partial charge in [-0.15, -0.1) is 0 Å². The van der Waals surface area contributed by atoms with Crippen LogP contribution in [-0.4, -0.2) is 58.6 Å². The molecule has 0 saturated heterocycles. The second-order valence-electron chi connectivity index (χ2n) is 7.66. The molecule has 0 bridgehead atoms. The van der Waals surface area contributed by atoms with Crippen LogP contribution in [0, 0.1) is 0 Å². The number of pyridine rings is 1. The summed E-state index contributed by atoms with van der Waals surface area (Å²) < 4.78 is 0. The van der Waals surface area contributed by atoms with Crippen molar-refractivity contribution in [2.45, 2.75) is 38.3 Å². The summed E-state index contributed by atoms with van der Waals surface area (Å²) in [5.41, 5.74) is 2.74. The first kappa shape index (κ1) is 19.4. The van der Waals surface area contributed by atoms with Crippen molar-refractivity contribution in [3.05, 3.63) is 53.7 Å². The molecular weight excluding hydrogens is 368 g/mol. The Morgan fingerprint density at radius 2 is 2.03 bits per heavy atom. The molecule has 0 spiro atoms. The van der Waals surface area contributed by atoms with Gasteiger partial charge in [-0.25, -0.2) is 4.98 Å². The third-order valence-electron chi connectivity index (χ3n) is 5.89. The van der Waals surface area contributed by atoms with Crippen LogP contribution in [0.5, 0.6) is 0 Å². The molecule has 7 heteroatoms. The van der Waals surface area contributed by atoms with E-state index in [9.17, 15) is 9.59 Å². The first-order valence-corrected chi connectivity index (χ1v) is 10.1. The van der Waals surface area contributed by atoms with Crippen LogP contribution in [0.3, 0.4) is 0 Å². The number of para-hydroxylation sites is 1. The van der Waals surface area contributed by atoms with Crippen LogP contribution >= 0.6 is 0 Å². The average Bonchev–Trinajstić information content (AvgIpc) is 3.12. The number of rotatable bonds is 7. The van der Waals surface area contributed by atoms with Crippen molar-refractivity contribution < 1.29 is 14.7 Å². The number of carboxylic acids is 1. The van der Waals surface area contributed by atoms with Crippen LogP contribution < -0.4 is 10.2 Å². The highest BCUT2D eigenvalue weighted by atomic mass is 16.4. The van der Waals surface area contributed by atoms with Gasteiger partial charge in [0, 0.05) is 30.5 Å². The topological polar surface area (TPSA) is 85.8 Å². The second kappa shape index (κ2) is 8.21. The van der Waals surface area contributed by atoms with Crippen molar-refractivity contribution in [2.75, 3.05) is 29.9 Å². The maximum absolute atomic E-state index is 13.2. The summed E-state index contributed by atoms with van der Waals surface area (Å²) >= 11 is 0. The highest BCUT2D eigenvalue weighted by molar-refractivity contribution is 6.10. The number of nitrogens with one attached hydrogen (secondary N) is 1. The molecule has 1 aliphatic carbocycles. The van der Waals surface area contributed by atoms with E-state index < -0.39 is 5.97 Å². The molecular formula is C22H26N4O3. The zero-order chi connectivity index (χ0) is 20.4. The second-order valence-corrected chi connectivity index (χ2v) is 7.66.